The lowest BCUT2D eigenvalue weighted by atomic mass is 10.1. The zero-order valence-electron chi connectivity index (χ0n) is 9.53. The van der Waals surface area contributed by atoms with Gasteiger partial charge in [0.25, 0.3) is 0 Å². The number of unbranched alkanes of at least 4 members (excludes halogenated alkanes) is 1. The van der Waals surface area contributed by atoms with Crippen LogP contribution < -0.4 is 5.32 Å². The quantitative estimate of drug-likeness (QED) is 0.566. The summed E-state index contributed by atoms with van der Waals surface area (Å²) < 4.78 is 0. The average Bonchev–Trinajstić information content (AvgIpc) is 2.03. The highest BCUT2D eigenvalue weighted by molar-refractivity contribution is 4.89. The molecule has 0 aromatic heterocycles. The first kappa shape index (κ1) is 12.5. The molecule has 0 rings (SSSR count). The normalized spacial score (nSPS) is 10.5. The third-order valence-corrected chi connectivity index (χ3v) is 2.14. The van der Waals surface area contributed by atoms with Crippen LogP contribution in [0.4, 0.5) is 0 Å². The van der Waals surface area contributed by atoms with Gasteiger partial charge in [-0.15, -0.1) is 0 Å². The van der Waals surface area contributed by atoms with E-state index in [9.17, 15) is 0 Å². The Balaban J connectivity index is 3.11. The van der Waals surface area contributed by atoms with Crippen molar-refractivity contribution in [2.75, 3.05) is 6.54 Å². The molecule has 0 heterocycles. The minimum Gasteiger partial charge on any atom is -0.389 e. The SMILES string of the molecule is C=C(CCC)NCCCCC(C)C. The van der Waals surface area contributed by atoms with Gasteiger partial charge in [-0.1, -0.05) is 46.6 Å². The Bertz CT molecular complexity index is 127. The summed E-state index contributed by atoms with van der Waals surface area (Å²) in [4.78, 5) is 0. The monoisotopic (exact) mass is 183 g/mol. The Morgan fingerprint density at radius 2 is 2.00 bits per heavy atom. The molecule has 0 spiro atoms. The number of hydrogen-bond donors (Lipinski definition) is 1. The molecule has 1 nitrogen and oxygen atoms in total. The van der Waals surface area contributed by atoms with E-state index in [1.807, 2.05) is 0 Å². The van der Waals surface area contributed by atoms with Gasteiger partial charge in [0.2, 0.25) is 0 Å². The second-order valence-electron chi connectivity index (χ2n) is 4.17. The van der Waals surface area contributed by atoms with Crippen LogP contribution in [0.5, 0.6) is 0 Å². The second-order valence-corrected chi connectivity index (χ2v) is 4.17. The minimum atomic E-state index is 0.846. The van der Waals surface area contributed by atoms with Gasteiger partial charge in [0, 0.05) is 12.2 Å². The standard InChI is InChI=1S/C12H25N/c1-5-8-12(4)13-10-7-6-9-11(2)3/h11,13H,4-10H2,1-3H3. The summed E-state index contributed by atoms with van der Waals surface area (Å²) in [6.45, 7) is 11.8. The Hall–Kier alpha value is -0.460. The highest BCUT2D eigenvalue weighted by Crippen LogP contribution is 2.05. The van der Waals surface area contributed by atoms with Crippen molar-refractivity contribution in [1.82, 2.24) is 5.32 Å². The van der Waals surface area contributed by atoms with Crippen LogP contribution in [0.25, 0.3) is 0 Å². The van der Waals surface area contributed by atoms with Gasteiger partial charge in [-0.2, -0.15) is 0 Å². The fourth-order valence-electron chi connectivity index (χ4n) is 1.33. The first-order chi connectivity index (χ1) is 6.16. The molecular formula is C12H25N. The molecular weight excluding hydrogens is 158 g/mol. The van der Waals surface area contributed by atoms with Crippen LogP contribution in [0.15, 0.2) is 12.3 Å². The Morgan fingerprint density at radius 3 is 2.54 bits per heavy atom. The maximum absolute atomic E-state index is 3.97. The smallest absolute Gasteiger partial charge is 0.0143 e. The molecule has 13 heavy (non-hydrogen) atoms. The average molecular weight is 183 g/mol. The first-order valence-electron chi connectivity index (χ1n) is 5.58. The lowest BCUT2D eigenvalue weighted by molar-refractivity contribution is 0.529. The topological polar surface area (TPSA) is 12.0 Å². The van der Waals surface area contributed by atoms with Gasteiger partial charge < -0.3 is 5.32 Å². The largest absolute Gasteiger partial charge is 0.389 e. The van der Waals surface area contributed by atoms with Gasteiger partial charge in [0.15, 0.2) is 0 Å². The van der Waals surface area contributed by atoms with E-state index in [-0.39, 0.29) is 0 Å². The third kappa shape index (κ3) is 9.45. The summed E-state index contributed by atoms with van der Waals surface area (Å²) in [5.41, 5.74) is 1.20. The molecule has 1 N–H and O–H groups in total. The molecule has 0 saturated carbocycles. The van der Waals surface area contributed by atoms with Crippen LogP contribution in [-0.4, -0.2) is 6.54 Å². The molecule has 0 saturated heterocycles. The maximum Gasteiger partial charge on any atom is 0.0143 e. The summed E-state index contributed by atoms with van der Waals surface area (Å²) in [5.74, 6) is 0.846. The third-order valence-electron chi connectivity index (χ3n) is 2.14. The van der Waals surface area contributed by atoms with Gasteiger partial charge >= 0.3 is 0 Å². The molecule has 0 unspecified atom stereocenters. The fourth-order valence-corrected chi connectivity index (χ4v) is 1.33. The Kier molecular flexibility index (Phi) is 7.86. The number of rotatable bonds is 8. The van der Waals surface area contributed by atoms with Crippen LogP contribution in [0.3, 0.4) is 0 Å². The minimum absolute atomic E-state index is 0.846. The van der Waals surface area contributed by atoms with E-state index in [0.29, 0.717) is 0 Å². The molecule has 0 aliphatic rings. The van der Waals surface area contributed by atoms with Crippen molar-refractivity contribution in [3.8, 4) is 0 Å². The number of allylic oxidation sites excluding steroid dienone is 1. The molecule has 0 atom stereocenters. The molecule has 0 amide bonds. The van der Waals surface area contributed by atoms with E-state index >= 15 is 0 Å². The van der Waals surface area contributed by atoms with E-state index < -0.39 is 0 Å². The van der Waals surface area contributed by atoms with E-state index in [4.69, 9.17) is 0 Å². The van der Waals surface area contributed by atoms with Gasteiger partial charge in [-0.3, -0.25) is 0 Å². The molecule has 0 aliphatic carbocycles. The zero-order valence-corrected chi connectivity index (χ0v) is 9.53. The molecule has 1 heteroatoms. The highest BCUT2D eigenvalue weighted by atomic mass is 14.9. The molecule has 0 bridgehead atoms. The Labute approximate surface area is 83.6 Å². The van der Waals surface area contributed by atoms with E-state index in [1.165, 1.54) is 31.4 Å². The first-order valence-corrected chi connectivity index (χ1v) is 5.58. The van der Waals surface area contributed by atoms with Crippen molar-refractivity contribution in [2.45, 2.75) is 52.9 Å². The molecule has 0 aromatic rings. The number of hydrogen-bond acceptors (Lipinski definition) is 1. The predicted octanol–water partition coefficient (Wildman–Crippen LogP) is 3.72. The zero-order chi connectivity index (χ0) is 10.1. The molecule has 0 fully saturated rings. The van der Waals surface area contributed by atoms with Crippen molar-refractivity contribution >= 4 is 0 Å². The van der Waals surface area contributed by atoms with Crippen LogP contribution in [0.1, 0.15) is 52.9 Å². The van der Waals surface area contributed by atoms with Crippen LogP contribution in [-0.2, 0) is 0 Å². The maximum atomic E-state index is 3.97. The second kappa shape index (κ2) is 8.15. The van der Waals surface area contributed by atoms with E-state index in [2.05, 4.69) is 32.7 Å². The number of nitrogens with one attached hydrogen (secondary N) is 1. The van der Waals surface area contributed by atoms with Crippen LogP contribution in [0.2, 0.25) is 0 Å². The van der Waals surface area contributed by atoms with Crippen molar-refractivity contribution in [3.63, 3.8) is 0 Å². The molecule has 0 aliphatic heterocycles. The van der Waals surface area contributed by atoms with Crippen molar-refractivity contribution < 1.29 is 0 Å². The molecule has 0 aromatic carbocycles. The van der Waals surface area contributed by atoms with Crippen molar-refractivity contribution in [3.05, 3.63) is 12.3 Å². The van der Waals surface area contributed by atoms with Gasteiger partial charge in [-0.25, -0.2) is 0 Å². The van der Waals surface area contributed by atoms with E-state index in [1.54, 1.807) is 0 Å². The summed E-state index contributed by atoms with van der Waals surface area (Å²) in [7, 11) is 0. The van der Waals surface area contributed by atoms with Crippen LogP contribution >= 0.6 is 0 Å². The van der Waals surface area contributed by atoms with Gasteiger partial charge in [0.05, 0.1) is 0 Å². The molecule has 0 radical (unpaired) electrons. The highest BCUT2D eigenvalue weighted by Gasteiger charge is 1.94. The van der Waals surface area contributed by atoms with Crippen molar-refractivity contribution in [2.24, 2.45) is 5.92 Å². The van der Waals surface area contributed by atoms with Crippen molar-refractivity contribution in [1.29, 1.82) is 0 Å². The summed E-state index contributed by atoms with van der Waals surface area (Å²) in [5, 5.41) is 3.36. The van der Waals surface area contributed by atoms with Gasteiger partial charge in [-0.05, 0) is 18.8 Å². The van der Waals surface area contributed by atoms with Crippen LogP contribution in [0, 0.1) is 5.92 Å². The Morgan fingerprint density at radius 1 is 1.31 bits per heavy atom. The predicted molar refractivity (Wildman–Crippen MR) is 60.7 cm³/mol. The summed E-state index contributed by atoms with van der Waals surface area (Å²) >= 11 is 0. The van der Waals surface area contributed by atoms with Gasteiger partial charge in [0.1, 0.15) is 0 Å². The lowest BCUT2D eigenvalue weighted by Gasteiger charge is -2.08. The lowest BCUT2D eigenvalue weighted by Crippen LogP contribution is -2.13. The summed E-state index contributed by atoms with van der Waals surface area (Å²) in [6.07, 6.45) is 6.27. The fraction of sp³-hybridized carbons (Fsp3) is 0.833. The van der Waals surface area contributed by atoms with E-state index in [0.717, 1.165) is 18.9 Å². The molecule has 78 valence electrons. The summed E-state index contributed by atoms with van der Waals surface area (Å²) in [6, 6.07) is 0.